The molecule has 1 N–H and O–H groups in total. The maximum absolute atomic E-state index is 9.76. The van der Waals surface area contributed by atoms with E-state index < -0.39 is 0 Å². The zero-order valence-corrected chi connectivity index (χ0v) is 8.82. The molecule has 1 aromatic rings. The number of hydrogen-bond acceptors (Lipinski definition) is 2. The molecule has 0 aliphatic carbocycles. The average Bonchev–Trinajstić information content (AvgIpc) is 2.12. The maximum atomic E-state index is 9.76. The van der Waals surface area contributed by atoms with Crippen LogP contribution in [0.3, 0.4) is 0 Å². The molecule has 0 amide bonds. The first-order valence-corrected chi connectivity index (χ1v) is 5.59. The molecule has 1 nitrogen and oxygen atoms in total. The molecule has 1 heterocycles. The lowest BCUT2D eigenvalue weighted by Gasteiger charge is -2.23. The first kappa shape index (κ1) is 9.10. The molecule has 2 heteroatoms. The highest BCUT2D eigenvalue weighted by Gasteiger charge is 2.20. The molecular formula is C11H14OS. The van der Waals surface area contributed by atoms with Gasteiger partial charge in [-0.25, -0.2) is 0 Å². The quantitative estimate of drug-likeness (QED) is 0.685. The second-order valence-electron chi connectivity index (χ2n) is 3.58. The molecule has 0 saturated carbocycles. The van der Waals surface area contributed by atoms with Gasteiger partial charge in [-0.05, 0) is 37.0 Å². The minimum Gasteiger partial charge on any atom is -0.388 e. The van der Waals surface area contributed by atoms with Crippen LogP contribution in [0.15, 0.2) is 17.0 Å². The van der Waals surface area contributed by atoms with Crippen LogP contribution in [0.1, 0.15) is 29.2 Å². The van der Waals surface area contributed by atoms with Gasteiger partial charge in [0.05, 0.1) is 6.10 Å². The minimum atomic E-state index is -0.240. The van der Waals surface area contributed by atoms with E-state index in [4.69, 9.17) is 0 Å². The Morgan fingerprint density at radius 1 is 1.38 bits per heavy atom. The van der Waals surface area contributed by atoms with Gasteiger partial charge in [0, 0.05) is 10.6 Å². The van der Waals surface area contributed by atoms with Gasteiger partial charge in [0.2, 0.25) is 0 Å². The van der Waals surface area contributed by atoms with Crippen LogP contribution in [0.25, 0.3) is 0 Å². The highest BCUT2D eigenvalue weighted by atomic mass is 32.2. The summed E-state index contributed by atoms with van der Waals surface area (Å²) in [5, 5.41) is 9.76. The van der Waals surface area contributed by atoms with E-state index in [0.29, 0.717) is 0 Å². The number of aliphatic hydroxyl groups excluding tert-OH is 1. The Bertz CT molecular complexity index is 333. The van der Waals surface area contributed by atoms with Crippen molar-refractivity contribution in [1.82, 2.24) is 0 Å². The third-order valence-electron chi connectivity index (χ3n) is 2.70. The van der Waals surface area contributed by atoms with Crippen LogP contribution < -0.4 is 0 Å². The molecule has 0 aromatic heterocycles. The summed E-state index contributed by atoms with van der Waals surface area (Å²) in [6, 6.07) is 4.16. The fraction of sp³-hybridized carbons (Fsp3) is 0.455. The summed E-state index contributed by atoms with van der Waals surface area (Å²) in [6.45, 7) is 4.26. The molecular weight excluding hydrogens is 180 g/mol. The van der Waals surface area contributed by atoms with E-state index in [1.165, 1.54) is 16.0 Å². The lowest BCUT2D eigenvalue weighted by Crippen LogP contribution is -2.08. The Kier molecular flexibility index (Phi) is 2.35. The zero-order valence-electron chi connectivity index (χ0n) is 8.00. The number of hydrogen-bond donors (Lipinski definition) is 1. The van der Waals surface area contributed by atoms with Crippen molar-refractivity contribution in [3.63, 3.8) is 0 Å². The minimum absolute atomic E-state index is 0.240. The Hall–Kier alpha value is -0.470. The molecule has 1 aliphatic heterocycles. The smallest absolute Gasteiger partial charge is 0.0808 e. The third-order valence-corrected chi connectivity index (χ3v) is 3.97. The van der Waals surface area contributed by atoms with Crippen molar-refractivity contribution in [2.45, 2.75) is 31.3 Å². The molecule has 1 aromatic carbocycles. The Morgan fingerprint density at radius 3 is 2.92 bits per heavy atom. The van der Waals surface area contributed by atoms with Crippen LogP contribution in [-0.4, -0.2) is 10.9 Å². The van der Waals surface area contributed by atoms with Crippen LogP contribution in [0, 0.1) is 13.8 Å². The second-order valence-corrected chi connectivity index (χ2v) is 4.68. The number of benzene rings is 1. The molecule has 1 atom stereocenters. The first-order chi connectivity index (χ1) is 6.20. The molecule has 0 bridgehead atoms. The van der Waals surface area contributed by atoms with Gasteiger partial charge in [0.1, 0.15) is 0 Å². The summed E-state index contributed by atoms with van der Waals surface area (Å²) in [5.74, 6) is 1.04. The van der Waals surface area contributed by atoms with Crippen molar-refractivity contribution in [2.24, 2.45) is 0 Å². The van der Waals surface area contributed by atoms with Gasteiger partial charge in [-0.15, -0.1) is 11.8 Å². The summed E-state index contributed by atoms with van der Waals surface area (Å²) in [4.78, 5) is 1.30. The molecule has 0 spiro atoms. The molecule has 2 rings (SSSR count). The van der Waals surface area contributed by atoms with Gasteiger partial charge in [-0.2, -0.15) is 0 Å². The highest BCUT2D eigenvalue weighted by Crippen LogP contribution is 2.38. The maximum Gasteiger partial charge on any atom is 0.0808 e. The second kappa shape index (κ2) is 3.35. The van der Waals surface area contributed by atoms with E-state index in [0.717, 1.165) is 17.7 Å². The summed E-state index contributed by atoms with van der Waals surface area (Å²) in [7, 11) is 0. The number of aliphatic hydroxyl groups is 1. The van der Waals surface area contributed by atoms with E-state index in [9.17, 15) is 5.11 Å². The Labute approximate surface area is 83.2 Å². The van der Waals surface area contributed by atoms with Crippen LogP contribution in [0.5, 0.6) is 0 Å². The first-order valence-electron chi connectivity index (χ1n) is 4.61. The van der Waals surface area contributed by atoms with Gasteiger partial charge >= 0.3 is 0 Å². The molecule has 1 aliphatic rings. The standard InChI is InChI=1S/C11H14OS/c1-7-3-4-9-10(12)5-6-13-11(9)8(7)2/h3-4,10,12H,5-6H2,1-2H3. The number of rotatable bonds is 0. The van der Waals surface area contributed by atoms with E-state index in [-0.39, 0.29) is 6.10 Å². The Morgan fingerprint density at radius 2 is 2.15 bits per heavy atom. The molecule has 13 heavy (non-hydrogen) atoms. The fourth-order valence-corrected chi connectivity index (χ4v) is 2.99. The van der Waals surface area contributed by atoms with E-state index in [1.807, 2.05) is 11.8 Å². The monoisotopic (exact) mass is 194 g/mol. The van der Waals surface area contributed by atoms with Crippen LogP contribution in [0.2, 0.25) is 0 Å². The van der Waals surface area contributed by atoms with Crippen molar-refractivity contribution in [3.8, 4) is 0 Å². The third kappa shape index (κ3) is 1.49. The summed E-state index contributed by atoms with van der Waals surface area (Å²) >= 11 is 1.87. The molecule has 1 unspecified atom stereocenters. The van der Waals surface area contributed by atoms with Crippen molar-refractivity contribution < 1.29 is 5.11 Å². The fourth-order valence-electron chi connectivity index (χ4n) is 1.69. The number of aryl methyl sites for hydroxylation is 1. The topological polar surface area (TPSA) is 20.2 Å². The predicted molar refractivity (Wildman–Crippen MR) is 56.2 cm³/mol. The average molecular weight is 194 g/mol. The number of fused-ring (bicyclic) bond motifs is 1. The Balaban J connectivity index is 2.56. The van der Waals surface area contributed by atoms with Gasteiger partial charge in [0.15, 0.2) is 0 Å². The molecule has 0 radical (unpaired) electrons. The van der Waals surface area contributed by atoms with E-state index >= 15 is 0 Å². The largest absolute Gasteiger partial charge is 0.388 e. The zero-order chi connectivity index (χ0) is 9.42. The molecule has 0 saturated heterocycles. The summed E-state index contributed by atoms with van der Waals surface area (Å²) in [6.07, 6.45) is 0.649. The van der Waals surface area contributed by atoms with Crippen LogP contribution >= 0.6 is 11.8 Å². The van der Waals surface area contributed by atoms with Crippen molar-refractivity contribution in [2.75, 3.05) is 5.75 Å². The van der Waals surface area contributed by atoms with Crippen molar-refractivity contribution in [3.05, 3.63) is 28.8 Å². The normalized spacial score (nSPS) is 21.3. The van der Waals surface area contributed by atoms with E-state index in [2.05, 4.69) is 26.0 Å². The van der Waals surface area contributed by atoms with Gasteiger partial charge in [-0.3, -0.25) is 0 Å². The van der Waals surface area contributed by atoms with Crippen LogP contribution in [-0.2, 0) is 0 Å². The lowest BCUT2D eigenvalue weighted by atomic mass is 10.0. The molecule has 0 fully saturated rings. The predicted octanol–water partition coefficient (Wildman–Crippen LogP) is 2.83. The summed E-state index contributed by atoms with van der Waals surface area (Å²) < 4.78 is 0. The lowest BCUT2D eigenvalue weighted by molar-refractivity contribution is 0.170. The van der Waals surface area contributed by atoms with Crippen LogP contribution in [0.4, 0.5) is 0 Å². The van der Waals surface area contributed by atoms with E-state index in [1.54, 1.807) is 0 Å². The highest BCUT2D eigenvalue weighted by molar-refractivity contribution is 7.99. The van der Waals surface area contributed by atoms with Crippen molar-refractivity contribution >= 4 is 11.8 Å². The van der Waals surface area contributed by atoms with Crippen molar-refractivity contribution in [1.29, 1.82) is 0 Å². The van der Waals surface area contributed by atoms with Gasteiger partial charge in [0.25, 0.3) is 0 Å². The molecule has 70 valence electrons. The number of thioether (sulfide) groups is 1. The summed E-state index contributed by atoms with van der Waals surface area (Å²) in [5.41, 5.74) is 3.78. The van der Waals surface area contributed by atoms with Gasteiger partial charge < -0.3 is 5.11 Å². The SMILES string of the molecule is Cc1ccc2c(c1C)SCCC2O. The van der Waals surface area contributed by atoms with Gasteiger partial charge in [-0.1, -0.05) is 12.1 Å².